The molecule has 0 aliphatic rings. The van der Waals surface area contributed by atoms with Crippen LogP contribution >= 0.6 is 11.3 Å². The number of carbonyl (C=O) groups is 1. The monoisotopic (exact) mass is 280 g/mol. The van der Waals surface area contributed by atoms with Crippen molar-refractivity contribution >= 4 is 17.4 Å². The lowest BCUT2D eigenvalue weighted by Crippen LogP contribution is -2.34. The van der Waals surface area contributed by atoms with Crippen molar-refractivity contribution in [1.82, 2.24) is 14.8 Å². The van der Waals surface area contributed by atoms with Crippen molar-refractivity contribution in [2.45, 2.75) is 26.3 Å². The minimum atomic E-state index is -0.198. The van der Waals surface area contributed by atoms with Crippen molar-refractivity contribution in [2.75, 3.05) is 7.05 Å². The lowest BCUT2D eigenvalue weighted by atomic mass is 10.2. The Morgan fingerprint density at radius 2 is 2.32 bits per heavy atom. The van der Waals surface area contributed by atoms with Gasteiger partial charge in [0.25, 0.3) is 0 Å². The fraction of sp³-hybridized carbons (Fsp3) is 0.385. The van der Waals surface area contributed by atoms with E-state index >= 15 is 0 Å². The van der Waals surface area contributed by atoms with Crippen LogP contribution in [0.4, 0.5) is 4.79 Å². The van der Waals surface area contributed by atoms with Gasteiger partial charge >= 0.3 is 6.03 Å². The number of hydrogen-bond acceptors (Lipinski definition) is 4. The van der Waals surface area contributed by atoms with E-state index < -0.39 is 0 Å². The maximum Gasteiger partial charge on any atom is 0.328 e. The number of rotatable bonds is 5. The van der Waals surface area contributed by atoms with E-state index in [1.54, 1.807) is 23.3 Å². The average molecular weight is 280 g/mol. The quantitative estimate of drug-likeness (QED) is 0.902. The number of nitrogens with zero attached hydrogens (tertiary/aromatic N) is 3. The molecule has 1 rings (SSSR count). The third-order valence-corrected chi connectivity index (χ3v) is 3.65. The Hall–Kier alpha value is -1.82. The Kier molecular flexibility index (Phi) is 5.57. The van der Waals surface area contributed by atoms with Crippen LogP contribution in [-0.2, 0) is 6.54 Å². The molecule has 0 aliphatic heterocycles. The molecule has 1 aromatic heterocycles. The van der Waals surface area contributed by atoms with E-state index in [0.717, 1.165) is 10.7 Å². The molecule has 104 valence electrons. The summed E-state index contributed by atoms with van der Waals surface area (Å²) in [6, 6.07) is -0.198. The van der Waals surface area contributed by atoms with E-state index in [9.17, 15) is 4.79 Å². The highest BCUT2D eigenvalue weighted by atomic mass is 32.1. The van der Waals surface area contributed by atoms with Gasteiger partial charge in [0.2, 0.25) is 0 Å². The molecule has 6 heteroatoms. The van der Waals surface area contributed by atoms with Crippen molar-refractivity contribution in [3.63, 3.8) is 0 Å². The van der Waals surface area contributed by atoms with E-state index in [1.165, 1.54) is 23.5 Å². The smallest absolute Gasteiger partial charge is 0.328 e. The molecule has 0 spiro atoms. The van der Waals surface area contributed by atoms with Gasteiger partial charge in [-0.25, -0.2) is 9.78 Å². The molecule has 0 saturated heterocycles. The Bertz CT molecular complexity index is 467. The average Bonchev–Trinajstić information content (AvgIpc) is 2.83. The number of hydrogen-bond donors (Lipinski definition) is 1. The van der Waals surface area contributed by atoms with Gasteiger partial charge in [-0.3, -0.25) is 4.90 Å². The van der Waals surface area contributed by atoms with E-state index in [2.05, 4.69) is 25.4 Å². The molecule has 19 heavy (non-hydrogen) atoms. The molecule has 5 nitrogen and oxygen atoms in total. The Labute approximate surface area is 118 Å². The maximum atomic E-state index is 12.1. The van der Waals surface area contributed by atoms with Crippen molar-refractivity contribution in [3.05, 3.63) is 41.3 Å². The summed E-state index contributed by atoms with van der Waals surface area (Å²) in [6.07, 6.45) is 4.18. The topological polar surface area (TPSA) is 62.5 Å². The van der Waals surface area contributed by atoms with Crippen LogP contribution in [0.15, 0.2) is 30.6 Å². The molecule has 1 aromatic rings. The first-order chi connectivity index (χ1) is 8.99. The van der Waals surface area contributed by atoms with Crippen LogP contribution in [0.5, 0.6) is 0 Å². The van der Waals surface area contributed by atoms with Crippen molar-refractivity contribution in [3.8, 4) is 0 Å². The lowest BCUT2D eigenvalue weighted by Gasteiger charge is -2.21. The van der Waals surface area contributed by atoms with Crippen LogP contribution in [0, 0.1) is 0 Å². The van der Waals surface area contributed by atoms with Crippen molar-refractivity contribution in [2.24, 2.45) is 5.73 Å². The van der Waals surface area contributed by atoms with Gasteiger partial charge in [-0.1, -0.05) is 20.4 Å². The molecular formula is C13H20N4OS. The number of amides is 2. The SMILES string of the molecule is C=CN(/C=C\N)C(=O)N(C)Cc1csc(C(C)C)n1. The van der Waals surface area contributed by atoms with Crippen LogP contribution in [-0.4, -0.2) is 27.9 Å². The molecule has 0 saturated carbocycles. The Morgan fingerprint density at radius 3 is 2.79 bits per heavy atom. The predicted octanol–water partition coefficient (Wildman–Crippen LogP) is 2.69. The summed E-state index contributed by atoms with van der Waals surface area (Å²) in [6.45, 7) is 8.24. The molecule has 0 aromatic carbocycles. The molecular weight excluding hydrogens is 260 g/mol. The van der Waals surface area contributed by atoms with Crippen LogP contribution in [0.2, 0.25) is 0 Å². The third kappa shape index (κ3) is 4.10. The summed E-state index contributed by atoms with van der Waals surface area (Å²) in [5.74, 6) is 0.407. The van der Waals surface area contributed by atoms with Crippen molar-refractivity contribution < 1.29 is 4.79 Å². The number of thiazole rings is 1. The normalized spacial score (nSPS) is 10.9. The van der Waals surface area contributed by atoms with E-state index in [1.807, 2.05) is 5.38 Å². The second-order valence-corrected chi connectivity index (χ2v) is 5.29. The lowest BCUT2D eigenvalue weighted by molar-refractivity contribution is 0.189. The first-order valence-electron chi connectivity index (χ1n) is 5.98. The molecule has 0 aliphatic carbocycles. The van der Waals surface area contributed by atoms with Crippen LogP contribution < -0.4 is 5.73 Å². The molecule has 2 N–H and O–H groups in total. The largest absolute Gasteiger partial charge is 0.403 e. The number of aromatic nitrogens is 1. The number of nitrogens with two attached hydrogens (primary N) is 1. The minimum absolute atomic E-state index is 0.198. The van der Waals surface area contributed by atoms with Crippen LogP contribution in [0.25, 0.3) is 0 Å². The van der Waals surface area contributed by atoms with Crippen LogP contribution in [0.3, 0.4) is 0 Å². The van der Waals surface area contributed by atoms with Gasteiger partial charge in [-0.05, 0) is 0 Å². The molecule has 0 radical (unpaired) electrons. The highest BCUT2D eigenvalue weighted by Gasteiger charge is 2.15. The first kappa shape index (κ1) is 15.2. The molecule has 0 bridgehead atoms. The highest BCUT2D eigenvalue weighted by molar-refractivity contribution is 7.09. The summed E-state index contributed by atoms with van der Waals surface area (Å²) in [4.78, 5) is 19.5. The van der Waals surface area contributed by atoms with Crippen LogP contribution in [0.1, 0.15) is 30.5 Å². The standard InChI is InChI=1S/C13H20N4OS/c1-5-17(7-6-14)13(18)16(4)8-11-9-19-12(15-11)10(2)3/h5-7,9-10H,1,8,14H2,2-4H3/b7-6-. The van der Waals surface area contributed by atoms with E-state index in [-0.39, 0.29) is 6.03 Å². The zero-order chi connectivity index (χ0) is 14.4. The molecule has 1 heterocycles. The van der Waals surface area contributed by atoms with E-state index in [0.29, 0.717) is 12.5 Å². The molecule has 0 fully saturated rings. The Morgan fingerprint density at radius 1 is 1.63 bits per heavy atom. The molecule has 2 amide bonds. The summed E-state index contributed by atoms with van der Waals surface area (Å²) in [5, 5.41) is 3.06. The fourth-order valence-corrected chi connectivity index (χ4v) is 2.29. The Balaban J connectivity index is 2.69. The van der Waals surface area contributed by atoms with Crippen molar-refractivity contribution in [1.29, 1.82) is 0 Å². The van der Waals surface area contributed by atoms with Gasteiger partial charge in [0.15, 0.2) is 0 Å². The molecule has 0 unspecified atom stereocenters. The summed E-state index contributed by atoms with van der Waals surface area (Å²) < 4.78 is 0. The number of carbonyl (C=O) groups excluding carboxylic acids is 1. The summed E-state index contributed by atoms with van der Waals surface area (Å²) >= 11 is 1.62. The number of urea groups is 1. The summed E-state index contributed by atoms with van der Waals surface area (Å²) in [7, 11) is 1.72. The highest BCUT2D eigenvalue weighted by Crippen LogP contribution is 2.20. The van der Waals surface area contributed by atoms with E-state index in [4.69, 9.17) is 5.73 Å². The van der Waals surface area contributed by atoms with Gasteiger partial charge in [0.1, 0.15) is 0 Å². The zero-order valence-electron chi connectivity index (χ0n) is 11.5. The summed E-state index contributed by atoms with van der Waals surface area (Å²) in [5.41, 5.74) is 6.17. The predicted molar refractivity (Wildman–Crippen MR) is 78.4 cm³/mol. The zero-order valence-corrected chi connectivity index (χ0v) is 12.4. The maximum absolute atomic E-state index is 12.1. The third-order valence-electron chi connectivity index (χ3n) is 2.45. The van der Waals surface area contributed by atoms with Gasteiger partial charge in [-0.15, -0.1) is 11.3 Å². The minimum Gasteiger partial charge on any atom is -0.403 e. The fourth-order valence-electron chi connectivity index (χ4n) is 1.46. The second-order valence-electron chi connectivity index (χ2n) is 4.40. The molecule has 0 atom stereocenters. The first-order valence-corrected chi connectivity index (χ1v) is 6.86. The van der Waals surface area contributed by atoms with Gasteiger partial charge in [0, 0.05) is 36.9 Å². The second kappa shape index (κ2) is 6.94. The van der Waals surface area contributed by atoms with Gasteiger partial charge < -0.3 is 10.6 Å². The van der Waals surface area contributed by atoms with Gasteiger partial charge in [0.05, 0.1) is 17.2 Å². The van der Waals surface area contributed by atoms with Gasteiger partial charge in [-0.2, -0.15) is 0 Å².